The van der Waals surface area contributed by atoms with Gasteiger partial charge in [0.05, 0.1) is 5.75 Å². The van der Waals surface area contributed by atoms with Crippen LogP contribution in [0.4, 0.5) is 0 Å². The zero-order valence-electron chi connectivity index (χ0n) is 18.3. The van der Waals surface area contributed by atoms with Gasteiger partial charge in [-0.1, -0.05) is 55.0 Å². The van der Waals surface area contributed by atoms with E-state index in [1.165, 1.54) is 25.7 Å². The number of amides is 1. The second-order valence-electron chi connectivity index (χ2n) is 9.70. The highest BCUT2D eigenvalue weighted by molar-refractivity contribution is 8.00. The number of hydrogen-bond acceptors (Lipinski definition) is 3. The first-order valence-electron chi connectivity index (χ1n) is 11.7. The summed E-state index contributed by atoms with van der Waals surface area (Å²) in [4.78, 5) is 26.9. The van der Waals surface area contributed by atoms with Crippen LogP contribution in [0.5, 0.6) is 0 Å². The van der Waals surface area contributed by atoms with E-state index in [9.17, 15) is 9.59 Å². The monoisotopic (exact) mass is 441 g/mol. The van der Waals surface area contributed by atoms with Gasteiger partial charge in [-0.05, 0) is 66.5 Å². The minimum atomic E-state index is 0.0817. The van der Waals surface area contributed by atoms with Crippen LogP contribution in [0.2, 0.25) is 0 Å². The molecule has 3 nitrogen and oxygen atoms in total. The number of fused-ring (bicyclic) bond motifs is 4. The summed E-state index contributed by atoms with van der Waals surface area (Å²) in [5.74, 6) is 2.93. The quantitative estimate of drug-likeness (QED) is 0.382. The number of hydrogen-bond donors (Lipinski definition) is 1. The van der Waals surface area contributed by atoms with Crippen molar-refractivity contribution in [3.8, 4) is 11.1 Å². The zero-order valence-corrected chi connectivity index (χ0v) is 19.1. The van der Waals surface area contributed by atoms with E-state index in [-0.39, 0.29) is 17.7 Å². The average molecular weight is 442 g/mol. The van der Waals surface area contributed by atoms with Crippen molar-refractivity contribution >= 4 is 34.2 Å². The third-order valence-electron chi connectivity index (χ3n) is 7.89. The summed E-state index contributed by atoms with van der Waals surface area (Å²) in [6.07, 6.45) is 5.37. The van der Waals surface area contributed by atoms with E-state index < -0.39 is 0 Å². The molecule has 2 saturated carbocycles. The molecule has 0 saturated heterocycles. The second kappa shape index (κ2) is 7.77. The first-order chi connectivity index (χ1) is 15.6. The van der Waals surface area contributed by atoms with Gasteiger partial charge in [0.15, 0.2) is 5.78 Å². The highest BCUT2D eigenvalue weighted by atomic mass is 32.2. The van der Waals surface area contributed by atoms with Crippen molar-refractivity contribution in [3.63, 3.8) is 0 Å². The van der Waals surface area contributed by atoms with Crippen LogP contribution >= 0.6 is 11.8 Å². The Balaban J connectivity index is 1.23. The number of thioether (sulfide) groups is 1. The Morgan fingerprint density at radius 1 is 0.969 bits per heavy atom. The number of carbonyl (C=O) groups is 2. The lowest BCUT2D eigenvalue weighted by Gasteiger charge is -2.28. The fourth-order valence-corrected chi connectivity index (χ4v) is 7.29. The van der Waals surface area contributed by atoms with E-state index in [0.717, 1.165) is 49.8 Å². The molecule has 32 heavy (non-hydrogen) atoms. The smallest absolute Gasteiger partial charge is 0.230 e. The molecule has 4 heteroatoms. The molecule has 0 aliphatic heterocycles. The highest BCUT2D eigenvalue weighted by Gasteiger charge is 2.42. The Labute approximate surface area is 193 Å². The molecule has 0 aromatic heterocycles. The molecule has 1 amide bonds. The summed E-state index contributed by atoms with van der Waals surface area (Å²) in [5, 5.41) is 5.34. The van der Waals surface area contributed by atoms with Crippen molar-refractivity contribution in [3.05, 3.63) is 65.7 Å². The number of benzene rings is 3. The van der Waals surface area contributed by atoms with Crippen LogP contribution in [0.3, 0.4) is 0 Å². The summed E-state index contributed by atoms with van der Waals surface area (Å²) in [6.45, 7) is 2.18. The third-order valence-corrected chi connectivity index (χ3v) is 8.96. The topological polar surface area (TPSA) is 46.2 Å². The van der Waals surface area contributed by atoms with Crippen molar-refractivity contribution in [2.45, 2.75) is 43.5 Å². The maximum absolute atomic E-state index is 13.1. The lowest BCUT2D eigenvalue weighted by atomic mass is 9.83. The molecule has 1 N–H and O–H groups in total. The minimum absolute atomic E-state index is 0.0817. The van der Waals surface area contributed by atoms with E-state index in [0.29, 0.717) is 11.7 Å². The molecular formula is C28H27NO2S. The third kappa shape index (κ3) is 3.19. The SMILES string of the molecule is C[C@H](NC(=O)CSc1ccc2c3c(cccc13)C(=O)c1ccccc1-2)[C@@H]1C[C@H]2CC[C@H]1C2. The molecule has 2 bridgehead atoms. The van der Waals surface area contributed by atoms with Gasteiger partial charge in [0.2, 0.25) is 5.91 Å². The first kappa shape index (κ1) is 20.0. The molecule has 3 aromatic rings. The van der Waals surface area contributed by atoms with E-state index in [2.05, 4.69) is 30.4 Å². The summed E-state index contributed by atoms with van der Waals surface area (Å²) in [7, 11) is 0. The van der Waals surface area contributed by atoms with E-state index >= 15 is 0 Å². The van der Waals surface area contributed by atoms with Gasteiger partial charge in [0, 0.05) is 27.5 Å². The van der Waals surface area contributed by atoms with Crippen LogP contribution in [0, 0.1) is 17.8 Å². The van der Waals surface area contributed by atoms with Crippen LogP contribution in [-0.2, 0) is 4.79 Å². The lowest BCUT2D eigenvalue weighted by molar-refractivity contribution is -0.119. The molecular weight excluding hydrogens is 414 g/mol. The van der Waals surface area contributed by atoms with Crippen molar-refractivity contribution in [1.29, 1.82) is 0 Å². The second-order valence-corrected chi connectivity index (χ2v) is 10.7. The number of carbonyl (C=O) groups excluding carboxylic acids is 2. The van der Waals surface area contributed by atoms with Gasteiger partial charge in [-0.25, -0.2) is 0 Å². The summed E-state index contributed by atoms with van der Waals surface area (Å²) in [5.41, 5.74) is 3.62. The average Bonchev–Trinajstić information content (AvgIpc) is 3.45. The van der Waals surface area contributed by atoms with Gasteiger partial charge < -0.3 is 5.32 Å². The standard InChI is InChI=1S/C28H27NO2S/c1-16(24-14-17-9-10-18(24)13-17)29-26(30)15-32-25-12-11-20-19-5-2-3-6-21(19)28(31)23-8-4-7-22(25)27(20)23/h2-8,11-12,16-18,24H,9-10,13-15H2,1H3,(H,29,30)/t16-,17-,18-,24-/m0/s1. The molecule has 162 valence electrons. The fourth-order valence-electron chi connectivity index (χ4n) is 6.43. The summed E-state index contributed by atoms with van der Waals surface area (Å²) < 4.78 is 0. The molecule has 0 spiro atoms. The predicted octanol–water partition coefficient (Wildman–Crippen LogP) is 6.08. The zero-order chi connectivity index (χ0) is 21.8. The predicted molar refractivity (Wildman–Crippen MR) is 130 cm³/mol. The summed E-state index contributed by atoms with van der Waals surface area (Å²) in [6, 6.07) is 18.2. The van der Waals surface area contributed by atoms with Crippen LogP contribution in [0.1, 0.15) is 48.5 Å². The Bertz CT molecular complexity index is 1250. The Morgan fingerprint density at radius 3 is 2.56 bits per heavy atom. The molecule has 3 aliphatic rings. The van der Waals surface area contributed by atoms with E-state index in [1.54, 1.807) is 11.8 Å². The van der Waals surface area contributed by atoms with Gasteiger partial charge in [0.25, 0.3) is 0 Å². The number of nitrogens with one attached hydrogen (secondary N) is 1. The maximum atomic E-state index is 13.1. The van der Waals surface area contributed by atoms with Gasteiger partial charge in [0.1, 0.15) is 0 Å². The van der Waals surface area contributed by atoms with Gasteiger partial charge >= 0.3 is 0 Å². The molecule has 3 aliphatic carbocycles. The van der Waals surface area contributed by atoms with Crippen molar-refractivity contribution in [1.82, 2.24) is 5.32 Å². The maximum Gasteiger partial charge on any atom is 0.230 e. The molecule has 0 unspecified atom stereocenters. The van der Waals surface area contributed by atoms with Crippen molar-refractivity contribution in [2.24, 2.45) is 17.8 Å². The summed E-state index contributed by atoms with van der Waals surface area (Å²) >= 11 is 1.57. The molecule has 0 heterocycles. The first-order valence-corrected chi connectivity index (χ1v) is 12.7. The van der Waals surface area contributed by atoms with Gasteiger partial charge in [-0.2, -0.15) is 0 Å². The molecule has 0 radical (unpaired) electrons. The van der Waals surface area contributed by atoms with E-state index in [4.69, 9.17) is 0 Å². The number of ketones is 1. The fraction of sp³-hybridized carbons (Fsp3) is 0.357. The Morgan fingerprint density at radius 2 is 1.78 bits per heavy atom. The molecule has 4 atom stereocenters. The lowest BCUT2D eigenvalue weighted by Crippen LogP contribution is -2.40. The molecule has 2 fully saturated rings. The molecule has 6 rings (SSSR count). The Hall–Kier alpha value is -2.59. The number of rotatable bonds is 5. The van der Waals surface area contributed by atoms with Gasteiger partial charge in [-0.3, -0.25) is 9.59 Å². The van der Waals surface area contributed by atoms with Gasteiger partial charge in [-0.15, -0.1) is 11.8 Å². The highest BCUT2D eigenvalue weighted by Crippen LogP contribution is 2.49. The minimum Gasteiger partial charge on any atom is -0.353 e. The normalized spacial score (nSPS) is 23.9. The van der Waals surface area contributed by atoms with E-state index in [1.807, 2.05) is 36.4 Å². The van der Waals surface area contributed by atoms with Crippen LogP contribution in [0.15, 0.2) is 59.5 Å². The van der Waals surface area contributed by atoms with Crippen LogP contribution in [0.25, 0.3) is 21.9 Å². The Kier molecular flexibility index (Phi) is 4.87. The van der Waals surface area contributed by atoms with Crippen LogP contribution in [-0.4, -0.2) is 23.5 Å². The van der Waals surface area contributed by atoms with Crippen molar-refractivity contribution in [2.75, 3.05) is 5.75 Å². The molecule has 3 aromatic carbocycles. The van der Waals surface area contributed by atoms with Crippen molar-refractivity contribution < 1.29 is 9.59 Å². The van der Waals surface area contributed by atoms with Crippen LogP contribution < -0.4 is 5.32 Å². The largest absolute Gasteiger partial charge is 0.353 e.